The molecule has 2 amide bonds. The second-order valence-electron chi connectivity index (χ2n) is 4.96. The average Bonchev–Trinajstić information content (AvgIpc) is 3.02. The number of thiazole rings is 1. The van der Waals surface area contributed by atoms with Crippen molar-refractivity contribution in [3.63, 3.8) is 0 Å². The minimum Gasteiger partial charge on any atom is -0.352 e. The first-order chi connectivity index (χ1) is 11.1. The van der Waals surface area contributed by atoms with Crippen molar-refractivity contribution < 1.29 is 9.59 Å². The van der Waals surface area contributed by atoms with E-state index in [0.29, 0.717) is 36.5 Å². The molecular formula is C16H21ClN4O2S. The Kier molecular flexibility index (Phi) is 8.39. The Morgan fingerprint density at radius 3 is 2.79 bits per heavy atom. The minimum atomic E-state index is -0.296. The second-order valence-corrected chi connectivity index (χ2v) is 5.90. The van der Waals surface area contributed by atoms with Gasteiger partial charge < -0.3 is 16.4 Å². The van der Waals surface area contributed by atoms with E-state index in [1.807, 2.05) is 6.92 Å². The lowest BCUT2D eigenvalue weighted by molar-refractivity contribution is 0.0952. The van der Waals surface area contributed by atoms with Crippen LogP contribution in [0.25, 0.3) is 0 Å². The number of hydrogen-bond acceptors (Lipinski definition) is 5. The number of nitrogens with zero attached hydrogens (tertiary/aromatic N) is 1. The number of rotatable bonds is 7. The van der Waals surface area contributed by atoms with Gasteiger partial charge in [0, 0.05) is 29.6 Å². The third kappa shape index (κ3) is 5.59. The van der Waals surface area contributed by atoms with Crippen LogP contribution < -0.4 is 16.4 Å². The highest BCUT2D eigenvalue weighted by atomic mass is 35.5. The van der Waals surface area contributed by atoms with Gasteiger partial charge in [0.1, 0.15) is 5.69 Å². The number of aromatic nitrogens is 1. The normalized spacial score (nSPS) is 9.92. The minimum absolute atomic E-state index is 0. The van der Waals surface area contributed by atoms with E-state index in [2.05, 4.69) is 15.6 Å². The van der Waals surface area contributed by atoms with Gasteiger partial charge in [0.25, 0.3) is 11.8 Å². The van der Waals surface area contributed by atoms with Crippen molar-refractivity contribution in [1.29, 1.82) is 0 Å². The summed E-state index contributed by atoms with van der Waals surface area (Å²) in [7, 11) is 0. The van der Waals surface area contributed by atoms with Crippen LogP contribution in [0.3, 0.4) is 0 Å². The number of halogens is 1. The van der Waals surface area contributed by atoms with Gasteiger partial charge in [0.05, 0.1) is 5.01 Å². The predicted molar refractivity (Wildman–Crippen MR) is 99.1 cm³/mol. The summed E-state index contributed by atoms with van der Waals surface area (Å²) in [6, 6.07) is 6.83. The second kappa shape index (κ2) is 10.0. The molecule has 0 bridgehead atoms. The SMILES string of the molecule is CCCNC(=O)c1cccc(NC(=O)c2csc(CCN)n2)c1.Cl. The lowest BCUT2D eigenvalue weighted by Gasteiger charge is -2.07. The van der Waals surface area contributed by atoms with Crippen LogP contribution in [0.2, 0.25) is 0 Å². The van der Waals surface area contributed by atoms with E-state index in [1.54, 1.807) is 29.6 Å². The van der Waals surface area contributed by atoms with Gasteiger partial charge in [-0.25, -0.2) is 4.98 Å². The summed E-state index contributed by atoms with van der Waals surface area (Å²) in [6.07, 6.45) is 1.53. The zero-order valence-electron chi connectivity index (χ0n) is 13.4. The van der Waals surface area contributed by atoms with Crippen LogP contribution in [0.1, 0.15) is 39.2 Å². The third-order valence-electron chi connectivity index (χ3n) is 3.06. The van der Waals surface area contributed by atoms with Crippen LogP contribution in [0.5, 0.6) is 0 Å². The molecule has 0 saturated carbocycles. The summed E-state index contributed by atoms with van der Waals surface area (Å²) in [5.41, 5.74) is 6.91. The molecule has 0 spiro atoms. The zero-order chi connectivity index (χ0) is 16.7. The fourth-order valence-electron chi connectivity index (χ4n) is 1.93. The standard InChI is InChI=1S/C16H20N4O2S.ClH/c1-2-8-18-15(21)11-4-3-5-12(9-11)19-16(22)13-10-23-14(20-13)6-7-17;/h3-5,9-10H,2,6-8,17H2,1H3,(H,18,21)(H,19,22);1H. The number of carbonyl (C=O) groups is 2. The van der Waals surface area contributed by atoms with Gasteiger partial charge in [-0.1, -0.05) is 13.0 Å². The maximum Gasteiger partial charge on any atom is 0.275 e. The van der Waals surface area contributed by atoms with E-state index in [-0.39, 0.29) is 24.2 Å². The fraction of sp³-hybridized carbons (Fsp3) is 0.312. The molecule has 1 heterocycles. The zero-order valence-corrected chi connectivity index (χ0v) is 15.0. The first-order valence-corrected chi connectivity index (χ1v) is 8.36. The number of hydrogen-bond donors (Lipinski definition) is 3. The van der Waals surface area contributed by atoms with E-state index < -0.39 is 0 Å². The van der Waals surface area contributed by atoms with Gasteiger partial charge in [-0.15, -0.1) is 23.7 Å². The molecule has 0 aliphatic carbocycles. The summed E-state index contributed by atoms with van der Waals surface area (Å²) >= 11 is 1.41. The van der Waals surface area contributed by atoms with Gasteiger partial charge in [-0.2, -0.15) is 0 Å². The largest absolute Gasteiger partial charge is 0.352 e. The summed E-state index contributed by atoms with van der Waals surface area (Å²) in [6.45, 7) is 3.12. The number of carbonyl (C=O) groups excluding carboxylic acids is 2. The lowest BCUT2D eigenvalue weighted by Crippen LogP contribution is -2.24. The number of nitrogens with two attached hydrogens (primary N) is 1. The van der Waals surface area contributed by atoms with E-state index >= 15 is 0 Å². The van der Waals surface area contributed by atoms with Crippen LogP contribution in [0.4, 0.5) is 5.69 Å². The predicted octanol–water partition coefficient (Wildman–Crippen LogP) is 2.46. The molecule has 1 aromatic carbocycles. The van der Waals surface area contributed by atoms with Crippen LogP contribution >= 0.6 is 23.7 Å². The molecule has 0 unspecified atom stereocenters. The number of benzene rings is 1. The van der Waals surface area contributed by atoms with E-state index in [4.69, 9.17) is 5.73 Å². The Balaban J connectivity index is 0.00000288. The van der Waals surface area contributed by atoms with Gasteiger partial charge in [0.2, 0.25) is 0 Å². The van der Waals surface area contributed by atoms with Crippen molar-refractivity contribution in [2.45, 2.75) is 19.8 Å². The van der Waals surface area contributed by atoms with Crippen molar-refractivity contribution in [3.05, 3.63) is 45.9 Å². The smallest absolute Gasteiger partial charge is 0.275 e. The van der Waals surface area contributed by atoms with E-state index in [9.17, 15) is 9.59 Å². The molecule has 24 heavy (non-hydrogen) atoms. The Morgan fingerprint density at radius 2 is 2.08 bits per heavy atom. The fourth-order valence-corrected chi connectivity index (χ4v) is 2.72. The third-order valence-corrected chi connectivity index (χ3v) is 3.97. The molecule has 8 heteroatoms. The Bertz CT molecular complexity index is 690. The lowest BCUT2D eigenvalue weighted by atomic mass is 10.2. The van der Waals surface area contributed by atoms with Crippen LogP contribution in [-0.4, -0.2) is 29.9 Å². The van der Waals surface area contributed by atoms with Gasteiger partial charge in [-0.05, 0) is 31.2 Å². The Morgan fingerprint density at radius 1 is 1.29 bits per heavy atom. The molecule has 0 aliphatic rings. The van der Waals surface area contributed by atoms with Crippen molar-refractivity contribution in [2.75, 3.05) is 18.4 Å². The Labute approximate surface area is 151 Å². The highest BCUT2D eigenvalue weighted by Crippen LogP contribution is 2.14. The van der Waals surface area contributed by atoms with Crippen LogP contribution in [0, 0.1) is 0 Å². The highest BCUT2D eigenvalue weighted by molar-refractivity contribution is 7.09. The number of nitrogens with one attached hydrogen (secondary N) is 2. The highest BCUT2D eigenvalue weighted by Gasteiger charge is 2.12. The van der Waals surface area contributed by atoms with Crippen molar-refractivity contribution >= 4 is 41.2 Å². The maximum absolute atomic E-state index is 12.2. The summed E-state index contributed by atoms with van der Waals surface area (Å²) in [5.74, 6) is -0.447. The van der Waals surface area contributed by atoms with Crippen molar-refractivity contribution in [1.82, 2.24) is 10.3 Å². The van der Waals surface area contributed by atoms with Crippen LogP contribution in [-0.2, 0) is 6.42 Å². The molecule has 6 nitrogen and oxygen atoms in total. The molecule has 1 aromatic heterocycles. The number of amides is 2. The number of anilines is 1. The first-order valence-electron chi connectivity index (χ1n) is 7.48. The molecule has 0 atom stereocenters. The van der Waals surface area contributed by atoms with Gasteiger partial charge >= 0.3 is 0 Å². The molecule has 0 fully saturated rings. The van der Waals surface area contributed by atoms with Gasteiger partial charge in [-0.3, -0.25) is 9.59 Å². The molecule has 130 valence electrons. The first kappa shape index (κ1) is 20.1. The molecule has 0 saturated heterocycles. The monoisotopic (exact) mass is 368 g/mol. The molecule has 2 aromatic rings. The van der Waals surface area contributed by atoms with Crippen LogP contribution in [0.15, 0.2) is 29.6 Å². The van der Waals surface area contributed by atoms with Crippen molar-refractivity contribution in [3.8, 4) is 0 Å². The quantitative estimate of drug-likeness (QED) is 0.699. The summed E-state index contributed by atoms with van der Waals surface area (Å²) in [5, 5.41) is 8.11. The van der Waals surface area contributed by atoms with Crippen molar-refractivity contribution in [2.24, 2.45) is 5.73 Å². The topological polar surface area (TPSA) is 97.1 Å². The summed E-state index contributed by atoms with van der Waals surface area (Å²) in [4.78, 5) is 28.4. The molecule has 2 rings (SSSR count). The van der Waals surface area contributed by atoms with Gasteiger partial charge in [0.15, 0.2) is 0 Å². The average molecular weight is 369 g/mol. The maximum atomic E-state index is 12.2. The molecular weight excluding hydrogens is 348 g/mol. The van der Waals surface area contributed by atoms with E-state index in [0.717, 1.165) is 11.4 Å². The Hall–Kier alpha value is -1.96. The molecule has 0 radical (unpaired) electrons. The molecule has 4 N–H and O–H groups in total. The van der Waals surface area contributed by atoms with E-state index in [1.165, 1.54) is 11.3 Å². The molecule has 0 aliphatic heterocycles. The summed E-state index contributed by atoms with van der Waals surface area (Å²) < 4.78 is 0.